The average Bonchev–Trinajstić information content (AvgIpc) is 2.72. The van der Waals surface area contributed by atoms with Crippen LogP contribution in [0.3, 0.4) is 0 Å². The second-order valence-corrected chi connectivity index (χ2v) is 7.15. The summed E-state index contributed by atoms with van der Waals surface area (Å²) in [4.78, 5) is 7.01. The van der Waals surface area contributed by atoms with Crippen LogP contribution in [-0.2, 0) is 9.47 Å². The molecule has 0 saturated carbocycles. The number of aromatic nitrogens is 1. The first kappa shape index (κ1) is 18.1. The van der Waals surface area contributed by atoms with Gasteiger partial charge >= 0.3 is 0 Å². The lowest BCUT2D eigenvalue weighted by atomic mass is 10.0. The number of nitrogens with two attached hydrogens (primary N) is 1. The Morgan fingerprint density at radius 3 is 2.59 bits per heavy atom. The second-order valence-electron chi connectivity index (χ2n) is 7.15. The molecule has 27 heavy (non-hydrogen) atoms. The van der Waals surface area contributed by atoms with E-state index in [1.807, 2.05) is 24.4 Å². The molecule has 1 aromatic heterocycles. The molecule has 2 saturated heterocycles. The Labute approximate surface area is 160 Å². The van der Waals surface area contributed by atoms with Gasteiger partial charge in [-0.1, -0.05) is 6.07 Å². The highest BCUT2D eigenvalue weighted by atomic mass is 16.5. The summed E-state index contributed by atoms with van der Waals surface area (Å²) in [6, 6.07) is 8.16. The zero-order valence-corrected chi connectivity index (χ0v) is 15.8. The molecule has 6 nitrogen and oxygen atoms in total. The second kappa shape index (κ2) is 8.15. The van der Waals surface area contributed by atoms with E-state index in [-0.39, 0.29) is 6.10 Å². The SMILES string of the molecule is Cc1ccc(N)cc1-c1cnc(OC2CCOCC2)c(N2CCOCC2)c1. The summed E-state index contributed by atoms with van der Waals surface area (Å²) < 4.78 is 17.3. The first-order chi connectivity index (χ1) is 13.2. The predicted molar refractivity (Wildman–Crippen MR) is 106 cm³/mol. The molecule has 0 unspecified atom stereocenters. The summed E-state index contributed by atoms with van der Waals surface area (Å²) in [5, 5.41) is 0. The average molecular weight is 369 g/mol. The van der Waals surface area contributed by atoms with Crippen molar-refractivity contribution in [3.8, 4) is 17.0 Å². The van der Waals surface area contributed by atoms with Gasteiger partial charge in [0.25, 0.3) is 0 Å². The Hall–Kier alpha value is -2.31. The molecule has 2 aliphatic heterocycles. The van der Waals surface area contributed by atoms with Crippen LogP contribution in [0.4, 0.5) is 11.4 Å². The number of aryl methyl sites for hydroxylation is 1. The lowest BCUT2D eigenvalue weighted by Crippen LogP contribution is -2.37. The number of pyridine rings is 1. The number of nitrogens with zero attached hydrogens (tertiary/aromatic N) is 2. The van der Waals surface area contributed by atoms with Gasteiger partial charge in [0.2, 0.25) is 5.88 Å². The monoisotopic (exact) mass is 369 g/mol. The predicted octanol–water partition coefficient (Wildman–Crippen LogP) is 3.03. The lowest BCUT2D eigenvalue weighted by molar-refractivity contribution is 0.0238. The minimum Gasteiger partial charge on any atom is -0.473 e. The van der Waals surface area contributed by atoms with Crippen LogP contribution in [0.5, 0.6) is 5.88 Å². The third-order valence-corrected chi connectivity index (χ3v) is 5.20. The van der Waals surface area contributed by atoms with E-state index in [0.717, 1.165) is 74.9 Å². The number of morpholine rings is 1. The van der Waals surface area contributed by atoms with Gasteiger partial charge in [-0.15, -0.1) is 0 Å². The van der Waals surface area contributed by atoms with Crippen molar-refractivity contribution in [2.75, 3.05) is 50.2 Å². The number of hydrogen-bond acceptors (Lipinski definition) is 6. The van der Waals surface area contributed by atoms with E-state index in [9.17, 15) is 0 Å². The van der Waals surface area contributed by atoms with Crippen LogP contribution in [0, 0.1) is 6.92 Å². The number of hydrogen-bond donors (Lipinski definition) is 1. The molecular formula is C21H27N3O3. The maximum Gasteiger partial charge on any atom is 0.237 e. The van der Waals surface area contributed by atoms with E-state index in [2.05, 4.69) is 17.9 Å². The molecule has 0 radical (unpaired) electrons. The van der Waals surface area contributed by atoms with E-state index in [4.69, 9.17) is 24.9 Å². The van der Waals surface area contributed by atoms with E-state index in [1.54, 1.807) is 0 Å². The molecule has 2 aromatic rings. The third kappa shape index (κ3) is 4.17. The number of benzene rings is 1. The molecule has 0 aliphatic carbocycles. The quantitative estimate of drug-likeness (QED) is 0.836. The van der Waals surface area contributed by atoms with E-state index in [1.165, 1.54) is 5.56 Å². The normalized spacial score (nSPS) is 18.5. The Balaban J connectivity index is 1.69. The largest absolute Gasteiger partial charge is 0.473 e. The number of rotatable bonds is 4. The number of ether oxygens (including phenoxy) is 3. The zero-order valence-electron chi connectivity index (χ0n) is 15.8. The van der Waals surface area contributed by atoms with Crippen molar-refractivity contribution >= 4 is 11.4 Å². The van der Waals surface area contributed by atoms with Crippen molar-refractivity contribution in [3.05, 3.63) is 36.0 Å². The highest BCUT2D eigenvalue weighted by Crippen LogP contribution is 2.35. The molecule has 0 atom stereocenters. The highest BCUT2D eigenvalue weighted by Gasteiger charge is 2.22. The molecule has 4 rings (SSSR count). The molecule has 2 N–H and O–H groups in total. The van der Waals surface area contributed by atoms with Gasteiger partial charge in [-0.25, -0.2) is 4.98 Å². The molecule has 2 aliphatic rings. The minimum absolute atomic E-state index is 0.158. The van der Waals surface area contributed by atoms with Crippen molar-refractivity contribution < 1.29 is 14.2 Å². The summed E-state index contributed by atoms with van der Waals surface area (Å²) in [5.74, 6) is 0.703. The first-order valence-electron chi connectivity index (χ1n) is 9.64. The van der Waals surface area contributed by atoms with Gasteiger partial charge in [-0.2, -0.15) is 0 Å². The summed E-state index contributed by atoms with van der Waals surface area (Å²) in [6.45, 7) is 6.71. The summed E-state index contributed by atoms with van der Waals surface area (Å²) in [5.41, 5.74) is 11.1. The Morgan fingerprint density at radius 2 is 1.81 bits per heavy atom. The molecule has 1 aromatic carbocycles. The van der Waals surface area contributed by atoms with Crippen molar-refractivity contribution in [2.24, 2.45) is 0 Å². The molecule has 0 bridgehead atoms. The van der Waals surface area contributed by atoms with Crippen molar-refractivity contribution in [3.63, 3.8) is 0 Å². The standard InChI is InChI=1S/C21H27N3O3/c1-15-2-3-17(22)13-19(15)16-12-20(24-6-10-26-11-7-24)21(23-14-16)27-18-4-8-25-9-5-18/h2-3,12-14,18H,4-11,22H2,1H3. The van der Waals surface area contributed by atoms with Gasteiger partial charge in [-0.05, 0) is 36.2 Å². The van der Waals surface area contributed by atoms with Crippen LogP contribution in [0.2, 0.25) is 0 Å². The van der Waals surface area contributed by atoms with E-state index in [0.29, 0.717) is 5.88 Å². The number of anilines is 2. The fourth-order valence-corrected chi connectivity index (χ4v) is 3.61. The minimum atomic E-state index is 0.158. The van der Waals surface area contributed by atoms with Gasteiger partial charge in [0.1, 0.15) is 11.8 Å². The van der Waals surface area contributed by atoms with E-state index >= 15 is 0 Å². The molecule has 0 spiro atoms. The number of nitrogen functional groups attached to an aromatic ring is 1. The van der Waals surface area contributed by atoms with E-state index < -0.39 is 0 Å². The van der Waals surface area contributed by atoms with Gasteiger partial charge in [0.05, 0.1) is 26.4 Å². The van der Waals surface area contributed by atoms with Crippen LogP contribution in [0.25, 0.3) is 11.1 Å². The van der Waals surface area contributed by atoms with Crippen molar-refractivity contribution in [1.29, 1.82) is 0 Å². The Kier molecular flexibility index (Phi) is 5.45. The molecule has 3 heterocycles. The summed E-state index contributed by atoms with van der Waals surface area (Å²) >= 11 is 0. The Bertz CT molecular complexity index is 784. The molecule has 6 heteroatoms. The zero-order chi connectivity index (χ0) is 18.6. The van der Waals surface area contributed by atoms with Crippen molar-refractivity contribution in [1.82, 2.24) is 4.98 Å². The maximum atomic E-state index is 6.29. The van der Waals surface area contributed by atoms with Crippen LogP contribution in [0.15, 0.2) is 30.5 Å². The topological polar surface area (TPSA) is 69.8 Å². The lowest BCUT2D eigenvalue weighted by Gasteiger charge is -2.31. The summed E-state index contributed by atoms with van der Waals surface area (Å²) in [7, 11) is 0. The fourth-order valence-electron chi connectivity index (χ4n) is 3.61. The first-order valence-corrected chi connectivity index (χ1v) is 9.64. The van der Waals surface area contributed by atoms with Gasteiger partial charge in [0, 0.05) is 43.4 Å². The highest BCUT2D eigenvalue weighted by molar-refractivity contribution is 5.74. The third-order valence-electron chi connectivity index (χ3n) is 5.20. The maximum absolute atomic E-state index is 6.29. The molecule has 2 fully saturated rings. The van der Waals surface area contributed by atoms with Gasteiger partial charge in [0.15, 0.2) is 0 Å². The molecule has 144 valence electrons. The Morgan fingerprint density at radius 1 is 1.07 bits per heavy atom. The van der Waals surface area contributed by atoms with Crippen LogP contribution in [-0.4, -0.2) is 50.6 Å². The van der Waals surface area contributed by atoms with Crippen LogP contribution >= 0.6 is 0 Å². The summed E-state index contributed by atoms with van der Waals surface area (Å²) in [6.07, 6.45) is 3.85. The molecular weight excluding hydrogens is 342 g/mol. The van der Waals surface area contributed by atoms with Crippen LogP contribution in [0.1, 0.15) is 18.4 Å². The molecule has 0 amide bonds. The smallest absolute Gasteiger partial charge is 0.237 e. The fraction of sp³-hybridized carbons (Fsp3) is 0.476. The van der Waals surface area contributed by atoms with Gasteiger partial charge < -0.3 is 24.8 Å². The van der Waals surface area contributed by atoms with Crippen molar-refractivity contribution in [2.45, 2.75) is 25.9 Å². The van der Waals surface area contributed by atoms with Crippen LogP contribution < -0.4 is 15.4 Å². The van der Waals surface area contributed by atoms with Gasteiger partial charge in [-0.3, -0.25) is 0 Å².